The van der Waals surface area contributed by atoms with Crippen molar-refractivity contribution in [3.63, 3.8) is 0 Å². The Labute approximate surface area is 240 Å². The number of carbonyl (C=O) groups is 2. The van der Waals surface area contributed by atoms with Gasteiger partial charge in [0.25, 0.3) is 11.8 Å². The fourth-order valence-electron chi connectivity index (χ4n) is 6.09. The highest BCUT2D eigenvalue weighted by Crippen LogP contribution is 2.43. The van der Waals surface area contributed by atoms with Crippen LogP contribution in [0.4, 0.5) is 11.4 Å². The van der Waals surface area contributed by atoms with Crippen molar-refractivity contribution < 1.29 is 23.8 Å². The van der Waals surface area contributed by atoms with E-state index < -0.39 is 11.9 Å². The number of rotatable bonds is 5. The standard InChI is InChI=1S/C32H36N4O5/c1-35-28-8-5-24(36-15-10-32(11-16-36)12-17-40-18-13-32)20-29(28)41-21-27(31(35)38)34-30(37)26-19-23(9-14-33-26)22-3-6-25(39-2)7-4-22/h3-9,14,19-20,27H,10-13,15-18,21H2,1-2H3,(H,34,37)/t27-/m0/s1. The van der Waals surface area contributed by atoms with Gasteiger partial charge in [-0.1, -0.05) is 12.1 Å². The Hall–Kier alpha value is -4.11. The van der Waals surface area contributed by atoms with Gasteiger partial charge in [0.2, 0.25) is 0 Å². The molecule has 214 valence electrons. The van der Waals surface area contributed by atoms with Gasteiger partial charge in [-0.15, -0.1) is 0 Å². The third-order valence-electron chi connectivity index (χ3n) is 8.80. The van der Waals surface area contributed by atoms with E-state index in [4.69, 9.17) is 14.2 Å². The van der Waals surface area contributed by atoms with E-state index in [9.17, 15) is 9.59 Å². The van der Waals surface area contributed by atoms with E-state index in [1.807, 2.05) is 42.5 Å². The molecule has 1 aromatic heterocycles. The molecule has 2 fully saturated rings. The monoisotopic (exact) mass is 556 g/mol. The normalized spacial score (nSPS) is 20.1. The van der Waals surface area contributed by atoms with E-state index in [0.717, 1.165) is 74.6 Å². The maximum Gasteiger partial charge on any atom is 0.270 e. The van der Waals surface area contributed by atoms with Gasteiger partial charge in [-0.25, -0.2) is 0 Å². The van der Waals surface area contributed by atoms with Crippen LogP contribution in [-0.4, -0.2) is 69.9 Å². The first-order valence-corrected chi connectivity index (χ1v) is 14.2. The number of ether oxygens (including phenoxy) is 3. The topological polar surface area (TPSA) is 93.2 Å². The van der Waals surface area contributed by atoms with Crippen LogP contribution in [0.25, 0.3) is 11.1 Å². The highest BCUT2D eigenvalue weighted by molar-refractivity contribution is 6.03. The molecule has 3 aromatic rings. The molecule has 3 aliphatic rings. The lowest BCUT2D eigenvalue weighted by Gasteiger charge is -2.44. The zero-order chi connectivity index (χ0) is 28.4. The summed E-state index contributed by atoms with van der Waals surface area (Å²) in [5.41, 5.74) is 4.19. The molecular formula is C32H36N4O5. The lowest BCUT2D eigenvalue weighted by Crippen LogP contribution is -2.49. The van der Waals surface area contributed by atoms with Crippen molar-refractivity contribution in [2.45, 2.75) is 31.7 Å². The lowest BCUT2D eigenvalue weighted by atomic mass is 9.72. The Morgan fingerprint density at radius 1 is 1.00 bits per heavy atom. The van der Waals surface area contributed by atoms with Gasteiger partial charge in [-0.05, 0) is 78.6 Å². The number of pyridine rings is 1. The summed E-state index contributed by atoms with van der Waals surface area (Å²) >= 11 is 0. The van der Waals surface area contributed by atoms with E-state index in [2.05, 4.69) is 21.3 Å². The first-order valence-electron chi connectivity index (χ1n) is 14.2. The third kappa shape index (κ3) is 5.59. The second-order valence-electron chi connectivity index (χ2n) is 11.1. The Balaban J connectivity index is 1.13. The number of carbonyl (C=O) groups excluding carboxylic acids is 2. The largest absolute Gasteiger partial charge is 0.497 e. The van der Waals surface area contributed by atoms with Gasteiger partial charge in [0.1, 0.15) is 29.8 Å². The van der Waals surface area contributed by atoms with Crippen molar-refractivity contribution in [3.05, 3.63) is 66.5 Å². The summed E-state index contributed by atoms with van der Waals surface area (Å²) < 4.78 is 17.0. The van der Waals surface area contributed by atoms with Crippen molar-refractivity contribution in [1.82, 2.24) is 10.3 Å². The summed E-state index contributed by atoms with van der Waals surface area (Å²) in [6.45, 7) is 3.76. The van der Waals surface area contributed by atoms with Crippen LogP contribution in [0.3, 0.4) is 0 Å². The van der Waals surface area contributed by atoms with Crippen molar-refractivity contribution >= 4 is 23.2 Å². The molecule has 2 amide bonds. The van der Waals surface area contributed by atoms with E-state index in [0.29, 0.717) is 16.9 Å². The number of hydrogen-bond donors (Lipinski definition) is 1. The number of amides is 2. The quantitative estimate of drug-likeness (QED) is 0.501. The van der Waals surface area contributed by atoms with Crippen LogP contribution < -0.4 is 24.6 Å². The van der Waals surface area contributed by atoms with Crippen molar-refractivity contribution in [2.75, 3.05) is 56.9 Å². The summed E-state index contributed by atoms with van der Waals surface area (Å²) in [7, 11) is 3.33. The van der Waals surface area contributed by atoms with Gasteiger partial charge >= 0.3 is 0 Å². The molecular weight excluding hydrogens is 520 g/mol. The number of aromatic nitrogens is 1. The number of piperidine rings is 1. The van der Waals surface area contributed by atoms with E-state index in [1.165, 1.54) is 0 Å². The SMILES string of the molecule is COc1ccc(-c2ccnc(C(=O)N[C@H]3COc4cc(N5CCC6(CCOCC6)CC5)ccc4N(C)C3=O)c2)cc1. The van der Waals surface area contributed by atoms with Crippen molar-refractivity contribution in [1.29, 1.82) is 0 Å². The average molecular weight is 557 g/mol. The molecule has 1 spiro atoms. The summed E-state index contributed by atoms with van der Waals surface area (Å²) in [5, 5.41) is 2.84. The van der Waals surface area contributed by atoms with E-state index in [1.54, 1.807) is 31.3 Å². The molecule has 0 bridgehead atoms. The molecule has 1 atom stereocenters. The van der Waals surface area contributed by atoms with Gasteiger partial charge in [-0.3, -0.25) is 14.6 Å². The number of methoxy groups -OCH3 is 1. The summed E-state index contributed by atoms with van der Waals surface area (Å²) in [6, 6.07) is 16.3. The number of nitrogens with one attached hydrogen (secondary N) is 1. The lowest BCUT2D eigenvalue weighted by molar-refractivity contribution is -0.120. The number of benzene rings is 2. The Kier molecular flexibility index (Phi) is 7.53. The van der Waals surface area contributed by atoms with Crippen LogP contribution in [-0.2, 0) is 9.53 Å². The van der Waals surface area contributed by atoms with Crippen LogP contribution in [0.2, 0.25) is 0 Å². The van der Waals surface area contributed by atoms with Crippen LogP contribution >= 0.6 is 0 Å². The van der Waals surface area contributed by atoms with Gasteiger partial charge < -0.3 is 29.3 Å². The molecule has 2 saturated heterocycles. The molecule has 0 unspecified atom stereocenters. The molecule has 9 nitrogen and oxygen atoms in total. The van der Waals surface area contributed by atoms with Crippen LogP contribution in [0.15, 0.2) is 60.8 Å². The number of anilines is 2. The average Bonchev–Trinajstić information content (AvgIpc) is 3.13. The molecule has 4 heterocycles. The number of hydrogen-bond acceptors (Lipinski definition) is 7. The van der Waals surface area contributed by atoms with Crippen LogP contribution in [0.1, 0.15) is 36.2 Å². The minimum atomic E-state index is -0.849. The van der Waals surface area contributed by atoms with Crippen molar-refractivity contribution in [2.24, 2.45) is 5.41 Å². The number of fused-ring (bicyclic) bond motifs is 1. The maximum absolute atomic E-state index is 13.4. The summed E-state index contributed by atoms with van der Waals surface area (Å²) in [5.74, 6) is 0.721. The zero-order valence-corrected chi connectivity index (χ0v) is 23.6. The first kappa shape index (κ1) is 27.1. The van der Waals surface area contributed by atoms with E-state index in [-0.39, 0.29) is 18.2 Å². The molecule has 3 aliphatic heterocycles. The fraction of sp³-hybridized carbons (Fsp3) is 0.406. The third-order valence-corrected chi connectivity index (χ3v) is 8.80. The molecule has 41 heavy (non-hydrogen) atoms. The Bertz CT molecular complexity index is 1410. The van der Waals surface area contributed by atoms with Crippen molar-refractivity contribution in [3.8, 4) is 22.6 Å². The van der Waals surface area contributed by atoms with Gasteiger partial charge in [0, 0.05) is 51.3 Å². The van der Waals surface area contributed by atoms with Crippen LogP contribution in [0.5, 0.6) is 11.5 Å². The fourth-order valence-corrected chi connectivity index (χ4v) is 6.09. The zero-order valence-electron chi connectivity index (χ0n) is 23.6. The predicted molar refractivity (Wildman–Crippen MR) is 157 cm³/mol. The molecule has 0 radical (unpaired) electrons. The second-order valence-corrected chi connectivity index (χ2v) is 11.1. The number of likely N-dealkylation sites (N-methyl/N-ethyl adjacent to an activating group) is 1. The molecule has 0 saturated carbocycles. The van der Waals surface area contributed by atoms with Gasteiger partial charge in [0.05, 0.1) is 12.8 Å². The highest BCUT2D eigenvalue weighted by atomic mass is 16.5. The molecule has 9 heteroatoms. The molecule has 6 rings (SSSR count). The smallest absolute Gasteiger partial charge is 0.270 e. The highest BCUT2D eigenvalue weighted by Gasteiger charge is 2.37. The Morgan fingerprint density at radius 2 is 1.76 bits per heavy atom. The predicted octanol–water partition coefficient (Wildman–Crippen LogP) is 4.31. The summed E-state index contributed by atoms with van der Waals surface area (Å²) in [4.78, 5) is 34.8. The molecule has 2 aromatic carbocycles. The maximum atomic E-state index is 13.4. The number of nitrogens with zero attached hydrogens (tertiary/aromatic N) is 3. The summed E-state index contributed by atoms with van der Waals surface area (Å²) in [6.07, 6.45) is 6.21. The van der Waals surface area contributed by atoms with Crippen LogP contribution in [0, 0.1) is 5.41 Å². The Morgan fingerprint density at radius 3 is 2.49 bits per heavy atom. The minimum absolute atomic E-state index is 0.0344. The van der Waals surface area contributed by atoms with Gasteiger partial charge in [-0.2, -0.15) is 0 Å². The second kappa shape index (κ2) is 11.4. The minimum Gasteiger partial charge on any atom is -0.497 e. The molecule has 0 aliphatic carbocycles. The first-order chi connectivity index (χ1) is 19.9. The van der Waals surface area contributed by atoms with Gasteiger partial charge in [0.15, 0.2) is 0 Å². The van der Waals surface area contributed by atoms with E-state index >= 15 is 0 Å². The molecule has 1 N–H and O–H groups in total.